The van der Waals surface area contributed by atoms with Gasteiger partial charge < -0.3 is 19.5 Å². The number of nitrogens with one attached hydrogen (secondary N) is 1. The Labute approximate surface area is 188 Å². The Morgan fingerprint density at radius 2 is 1.91 bits per heavy atom. The average molecular weight is 436 g/mol. The lowest BCUT2D eigenvalue weighted by Gasteiger charge is -2.26. The molecule has 0 aliphatic carbocycles. The Morgan fingerprint density at radius 3 is 2.62 bits per heavy atom. The van der Waals surface area contributed by atoms with Crippen LogP contribution in [0, 0.1) is 0 Å². The summed E-state index contributed by atoms with van der Waals surface area (Å²) in [6, 6.07) is 12.5. The van der Waals surface area contributed by atoms with Crippen LogP contribution >= 0.6 is 0 Å². The number of aromatic hydroxyl groups is 1. The van der Waals surface area contributed by atoms with E-state index in [9.17, 15) is 9.90 Å². The van der Waals surface area contributed by atoms with Crippen LogP contribution in [-0.4, -0.2) is 45.9 Å². The Morgan fingerprint density at radius 1 is 1.09 bits per heavy atom. The molecule has 7 heteroatoms. The molecule has 168 valence electrons. The first-order valence-corrected chi connectivity index (χ1v) is 11.2. The molecule has 1 aromatic heterocycles. The molecule has 32 heavy (non-hydrogen) atoms. The number of carbonyl (C=O) groups excluding carboxylic acids is 1. The van der Waals surface area contributed by atoms with E-state index in [1.165, 1.54) is 0 Å². The molecule has 2 aromatic carbocycles. The lowest BCUT2D eigenvalue weighted by atomic mass is 9.95. The smallest absolute Gasteiger partial charge is 0.273 e. The van der Waals surface area contributed by atoms with Crippen molar-refractivity contribution in [2.24, 2.45) is 0 Å². The van der Waals surface area contributed by atoms with E-state index in [0.29, 0.717) is 48.2 Å². The third-order valence-corrected chi connectivity index (χ3v) is 5.70. The minimum atomic E-state index is -0.347. The summed E-state index contributed by atoms with van der Waals surface area (Å²) in [4.78, 5) is 14.9. The molecule has 3 aromatic rings. The van der Waals surface area contributed by atoms with Gasteiger partial charge in [0.1, 0.15) is 17.1 Å². The van der Waals surface area contributed by atoms with E-state index in [1.54, 1.807) is 23.1 Å². The van der Waals surface area contributed by atoms with Gasteiger partial charge in [0.05, 0.1) is 19.3 Å². The summed E-state index contributed by atoms with van der Waals surface area (Å²) in [6.45, 7) is 7.68. The fourth-order valence-corrected chi connectivity index (χ4v) is 4.16. The van der Waals surface area contributed by atoms with Gasteiger partial charge in [-0.05, 0) is 50.1 Å². The molecule has 1 atom stereocenters. The lowest BCUT2D eigenvalue weighted by Crippen LogP contribution is -2.29. The normalized spacial score (nSPS) is 15.2. The van der Waals surface area contributed by atoms with E-state index in [2.05, 4.69) is 17.1 Å². The number of nitrogens with zero attached hydrogens (tertiary/aromatic N) is 2. The molecule has 0 fully saturated rings. The highest BCUT2D eigenvalue weighted by Crippen LogP contribution is 2.45. The van der Waals surface area contributed by atoms with Gasteiger partial charge in [-0.15, -0.1) is 0 Å². The molecule has 1 aliphatic rings. The Kier molecular flexibility index (Phi) is 6.35. The highest BCUT2D eigenvalue weighted by atomic mass is 16.5. The molecule has 0 saturated carbocycles. The van der Waals surface area contributed by atoms with E-state index in [0.717, 1.165) is 24.0 Å². The quantitative estimate of drug-likeness (QED) is 0.466. The molecule has 0 spiro atoms. The van der Waals surface area contributed by atoms with Crippen molar-refractivity contribution in [2.45, 2.75) is 39.7 Å². The Hall–Kier alpha value is -3.48. The fourth-order valence-electron chi connectivity index (χ4n) is 4.16. The summed E-state index contributed by atoms with van der Waals surface area (Å²) in [5.74, 6) is 1.37. The van der Waals surface area contributed by atoms with Crippen LogP contribution < -0.4 is 9.47 Å². The molecule has 1 unspecified atom stereocenters. The monoisotopic (exact) mass is 435 g/mol. The number of hydrogen-bond acceptors (Lipinski definition) is 5. The molecule has 0 bridgehead atoms. The number of para-hydroxylation sites is 1. The molecule has 2 heterocycles. The number of aromatic nitrogens is 2. The van der Waals surface area contributed by atoms with Crippen molar-refractivity contribution in [3.8, 4) is 28.5 Å². The number of phenols is 1. The van der Waals surface area contributed by atoms with Crippen molar-refractivity contribution in [1.82, 2.24) is 15.1 Å². The summed E-state index contributed by atoms with van der Waals surface area (Å²) in [5, 5.41) is 17.7. The van der Waals surface area contributed by atoms with Crippen molar-refractivity contribution >= 4 is 5.91 Å². The maximum Gasteiger partial charge on any atom is 0.273 e. The van der Waals surface area contributed by atoms with E-state index in [4.69, 9.17) is 9.47 Å². The second-order valence-electron chi connectivity index (χ2n) is 7.71. The maximum atomic E-state index is 13.1. The molecule has 7 nitrogen and oxygen atoms in total. The van der Waals surface area contributed by atoms with Crippen LogP contribution in [0.4, 0.5) is 0 Å². The topological polar surface area (TPSA) is 87.7 Å². The summed E-state index contributed by atoms with van der Waals surface area (Å²) in [5.41, 5.74) is 3.29. The number of aromatic amines is 1. The second-order valence-corrected chi connectivity index (χ2v) is 7.71. The number of benzene rings is 2. The Bertz CT molecular complexity index is 1110. The number of carbonyl (C=O) groups is 1. The standard InChI is InChI=1S/C25H29N3O4/c1-4-7-14-32-19-13-12-16(15-20(19)31-6-3)24-21-22(17-10-8-9-11-18(17)29)26-27-23(21)25(30)28(24)5-2/h8-13,15,24,29H,4-7,14H2,1-3H3,(H,26,27). The first-order chi connectivity index (χ1) is 15.6. The van der Waals surface area contributed by atoms with Crippen LogP contribution in [-0.2, 0) is 0 Å². The summed E-state index contributed by atoms with van der Waals surface area (Å²) in [6.07, 6.45) is 2.02. The third kappa shape index (κ3) is 3.79. The van der Waals surface area contributed by atoms with Crippen molar-refractivity contribution < 1.29 is 19.4 Å². The number of fused-ring (bicyclic) bond motifs is 1. The molecular formula is C25H29N3O4. The largest absolute Gasteiger partial charge is 0.507 e. The minimum absolute atomic E-state index is 0.108. The zero-order valence-electron chi connectivity index (χ0n) is 18.7. The van der Waals surface area contributed by atoms with Crippen molar-refractivity contribution in [3.63, 3.8) is 0 Å². The Balaban J connectivity index is 1.80. The summed E-state index contributed by atoms with van der Waals surface area (Å²) in [7, 11) is 0. The SMILES string of the molecule is CCCCOc1ccc(C2c3c(-c4ccccc4O)n[nH]c3C(=O)N2CC)cc1OCC. The van der Waals surface area contributed by atoms with Gasteiger partial charge in [0.2, 0.25) is 0 Å². The minimum Gasteiger partial charge on any atom is -0.507 e. The number of H-pyrrole nitrogens is 1. The lowest BCUT2D eigenvalue weighted by molar-refractivity contribution is 0.0753. The van der Waals surface area contributed by atoms with Crippen LogP contribution in [0.25, 0.3) is 11.3 Å². The predicted octanol–water partition coefficient (Wildman–Crippen LogP) is 4.93. The molecule has 1 amide bonds. The van der Waals surface area contributed by atoms with E-state index in [-0.39, 0.29) is 17.7 Å². The van der Waals surface area contributed by atoms with E-state index < -0.39 is 0 Å². The van der Waals surface area contributed by atoms with Gasteiger partial charge in [-0.1, -0.05) is 31.5 Å². The number of amides is 1. The van der Waals surface area contributed by atoms with Gasteiger partial charge in [0.15, 0.2) is 11.5 Å². The predicted molar refractivity (Wildman–Crippen MR) is 122 cm³/mol. The maximum absolute atomic E-state index is 13.1. The number of ether oxygens (including phenoxy) is 2. The van der Waals surface area contributed by atoms with Gasteiger partial charge in [-0.2, -0.15) is 5.10 Å². The highest BCUT2D eigenvalue weighted by Gasteiger charge is 2.42. The second kappa shape index (κ2) is 9.34. The van der Waals surface area contributed by atoms with E-state index in [1.807, 2.05) is 38.1 Å². The molecule has 2 N–H and O–H groups in total. The van der Waals surface area contributed by atoms with E-state index >= 15 is 0 Å². The third-order valence-electron chi connectivity index (χ3n) is 5.70. The molecular weight excluding hydrogens is 406 g/mol. The van der Waals surface area contributed by atoms with Gasteiger partial charge in [0.25, 0.3) is 5.91 Å². The first-order valence-electron chi connectivity index (χ1n) is 11.2. The van der Waals surface area contributed by atoms with Crippen molar-refractivity contribution in [1.29, 1.82) is 0 Å². The zero-order valence-corrected chi connectivity index (χ0v) is 18.7. The van der Waals surface area contributed by atoms with Crippen LogP contribution in [0.2, 0.25) is 0 Å². The first kappa shape index (κ1) is 21.7. The zero-order chi connectivity index (χ0) is 22.7. The van der Waals surface area contributed by atoms with Crippen molar-refractivity contribution in [3.05, 3.63) is 59.3 Å². The number of rotatable bonds is 9. The van der Waals surface area contributed by atoms with Crippen molar-refractivity contribution in [2.75, 3.05) is 19.8 Å². The van der Waals surface area contributed by atoms with Crippen LogP contribution in [0.3, 0.4) is 0 Å². The van der Waals surface area contributed by atoms with Gasteiger partial charge in [-0.25, -0.2) is 0 Å². The average Bonchev–Trinajstić information content (AvgIpc) is 3.34. The number of unbranched alkanes of at least 4 members (excludes halogenated alkanes) is 1. The molecule has 4 rings (SSSR count). The van der Waals surface area contributed by atoms with Gasteiger partial charge in [0, 0.05) is 17.7 Å². The van der Waals surface area contributed by atoms with Crippen LogP contribution in [0.1, 0.15) is 61.3 Å². The van der Waals surface area contributed by atoms with Crippen LogP contribution in [0.15, 0.2) is 42.5 Å². The number of phenolic OH excluding ortho intramolecular Hbond substituents is 1. The van der Waals surface area contributed by atoms with Gasteiger partial charge in [-0.3, -0.25) is 9.89 Å². The number of hydrogen-bond donors (Lipinski definition) is 2. The summed E-state index contributed by atoms with van der Waals surface area (Å²) < 4.78 is 11.8. The molecule has 0 radical (unpaired) electrons. The molecule has 1 aliphatic heterocycles. The fraction of sp³-hybridized carbons (Fsp3) is 0.360. The van der Waals surface area contributed by atoms with Gasteiger partial charge >= 0.3 is 0 Å². The summed E-state index contributed by atoms with van der Waals surface area (Å²) >= 11 is 0. The molecule has 0 saturated heterocycles. The van der Waals surface area contributed by atoms with Crippen LogP contribution in [0.5, 0.6) is 17.2 Å². The highest BCUT2D eigenvalue weighted by molar-refractivity contribution is 6.00.